The highest BCUT2D eigenvalue weighted by molar-refractivity contribution is 9.10. The highest BCUT2D eigenvalue weighted by Gasteiger charge is 2.04. The van der Waals surface area contributed by atoms with Crippen molar-refractivity contribution in [1.82, 2.24) is 0 Å². The third kappa shape index (κ3) is 3.71. The Balaban J connectivity index is 2.15. The van der Waals surface area contributed by atoms with Crippen molar-refractivity contribution in [2.45, 2.75) is 6.92 Å². The van der Waals surface area contributed by atoms with E-state index in [0.29, 0.717) is 11.6 Å². The van der Waals surface area contributed by atoms with Crippen molar-refractivity contribution in [3.05, 3.63) is 52.5 Å². The maximum atomic E-state index is 5.61. The van der Waals surface area contributed by atoms with Gasteiger partial charge in [-0.15, -0.1) is 0 Å². The summed E-state index contributed by atoms with van der Waals surface area (Å²) in [5.41, 5.74) is 8.38. The van der Waals surface area contributed by atoms with Crippen LogP contribution in [0.5, 0.6) is 5.75 Å². The molecule has 0 bridgehead atoms. The van der Waals surface area contributed by atoms with Crippen LogP contribution in [-0.4, -0.2) is 11.6 Å². The molecule has 0 fully saturated rings. The zero-order chi connectivity index (χ0) is 14.5. The molecule has 0 unspecified atom stereocenters. The lowest BCUT2D eigenvalue weighted by Gasteiger charge is -2.11. The van der Waals surface area contributed by atoms with Crippen molar-refractivity contribution >= 4 is 44.5 Å². The van der Waals surface area contributed by atoms with Gasteiger partial charge < -0.3 is 15.8 Å². The molecule has 0 saturated heterocycles. The third-order valence-electron chi connectivity index (χ3n) is 2.70. The van der Waals surface area contributed by atoms with Gasteiger partial charge in [-0.2, -0.15) is 0 Å². The van der Waals surface area contributed by atoms with Gasteiger partial charge in [0.2, 0.25) is 0 Å². The second-order valence-corrected chi connectivity index (χ2v) is 5.44. The Labute approximate surface area is 132 Å². The standard InChI is InChI=1S/C15H15BrN2OS/c1-2-19-12-6-4-11(5-7-12)18-14-8-3-10(15(17)20)9-13(14)16/h3-9,18H,2H2,1H3,(H2,17,20). The quantitative estimate of drug-likeness (QED) is 0.792. The summed E-state index contributed by atoms with van der Waals surface area (Å²) in [6.07, 6.45) is 0. The number of nitrogens with two attached hydrogens (primary N) is 1. The van der Waals surface area contributed by atoms with Crippen LogP contribution in [0.3, 0.4) is 0 Å². The number of anilines is 2. The molecule has 3 nitrogen and oxygen atoms in total. The van der Waals surface area contributed by atoms with E-state index in [4.69, 9.17) is 22.7 Å². The molecule has 0 aliphatic carbocycles. The van der Waals surface area contributed by atoms with Gasteiger partial charge in [-0.1, -0.05) is 12.2 Å². The first-order chi connectivity index (χ1) is 9.60. The summed E-state index contributed by atoms with van der Waals surface area (Å²) in [7, 11) is 0. The van der Waals surface area contributed by atoms with Crippen molar-refractivity contribution < 1.29 is 4.74 Å². The van der Waals surface area contributed by atoms with Crippen molar-refractivity contribution in [3.63, 3.8) is 0 Å². The monoisotopic (exact) mass is 350 g/mol. The van der Waals surface area contributed by atoms with Crippen LogP contribution in [0.15, 0.2) is 46.9 Å². The van der Waals surface area contributed by atoms with Crippen LogP contribution in [0, 0.1) is 0 Å². The van der Waals surface area contributed by atoms with Crippen LogP contribution in [0.2, 0.25) is 0 Å². The van der Waals surface area contributed by atoms with E-state index in [1.54, 1.807) is 0 Å². The predicted octanol–water partition coefficient (Wildman–Crippen LogP) is 4.23. The molecule has 2 aromatic carbocycles. The van der Waals surface area contributed by atoms with Gasteiger partial charge in [0.1, 0.15) is 10.7 Å². The lowest BCUT2D eigenvalue weighted by Crippen LogP contribution is -2.09. The van der Waals surface area contributed by atoms with Crippen molar-refractivity contribution in [2.24, 2.45) is 5.73 Å². The number of halogens is 1. The van der Waals surface area contributed by atoms with E-state index in [-0.39, 0.29) is 0 Å². The van der Waals surface area contributed by atoms with E-state index >= 15 is 0 Å². The molecule has 0 heterocycles. The lowest BCUT2D eigenvalue weighted by molar-refractivity contribution is 0.340. The van der Waals surface area contributed by atoms with Crippen LogP contribution in [-0.2, 0) is 0 Å². The van der Waals surface area contributed by atoms with Gasteiger partial charge in [0.15, 0.2) is 0 Å². The number of ether oxygens (including phenoxy) is 1. The van der Waals surface area contributed by atoms with Crippen molar-refractivity contribution in [3.8, 4) is 5.75 Å². The fourth-order valence-corrected chi connectivity index (χ4v) is 2.33. The highest BCUT2D eigenvalue weighted by Crippen LogP contribution is 2.27. The van der Waals surface area contributed by atoms with Crippen LogP contribution in [0.4, 0.5) is 11.4 Å². The number of benzene rings is 2. The first-order valence-electron chi connectivity index (χ1n) is 6.19. The smallest absolute Gasteiger partial charge is 0.119 e. The van der Waals surface area contributed by atoms with Crippen molar-refractivity contribution in [2.75, 3.05) is 11.9 Å². The topological polar surface area (TPSA) is 47.3 Å². The molecule has 0 aliphatic rings. The van der Waals surface area contributed by atoms with Gasteiger partial charge in [-0.25, -0.2) is 0 Å². The Hall–Kier alpha value is -1.59. The average Bonchev–Trinajstić information content (AvgIpc) is 2.43. The van der Waals surface area contributed by atoms with Gasteiger partial charge in [0.05, 0.1) is 12.3 Å². The molecule has 0 amide bonds. The maximum absolute atomic E-state index is 5.61. The first kappa shape index (κ1) is 14.8. The van der Waals surface area contributed by atoms with Gasteiger partial charge in [-0.05, 0) is 65.3 Å². The number of hydrogen-bond donors (Lipinski definition) is 2. The minimum Gasteiger partial charge on any atom is -0.494 e. The predicted molar refractivity (Wildman–Crippen MR) is 90.9 cm³/mol. The second-order valence-electron chi connectivity index (χ2n) is 4.14. The third-order valence-corrected chi connectivity index (χ3v) is 3.59. The van der Waals surface area contributed by atoms with Crippen LogP contribution in [0.25, 0.3) is 0 Å². The molecule has 0 spiro atoms. The lowest BCUT2D eigenvalue weighted by atomic mass is 10.2. The maximum Gasteiger partial charge on any atom is 0.119 e. The normalized spacial score (nSPS) is 10.1. The molecular weight excluding hydrogens is 336 g/mol. The Morgan fingerprint density at radius 1 is 1.25 bits per heavy atom. The fraction of sp³-hybridized carbons (Fsp3) is 0.133. The molecule has 0 saturated carbocycles. The number of nitrogens with one attached hydrogen (secondary N) is 1. The minimum absolute atomic E-state index is 0.387. The zero-order valence-electron chi connectivity index (χ0n) is 11.0. The summed E-state index contributed by atoms with van der Waals surface area (Å²) in [5.74, 6) is 0.862. The fourth-order valence-electron chi connectivity index (χ4n) is 1.73. The van der Waals surface area contributed by atoms with Gasteiger partial charge in [0, 0.05) is 15.7 Å². The molecule has 5 heteroatoms. The van der Waals surface area contributed by atoms with Gasteiger partial charge in [-0.3, -0.25) is 0 Å². The first-order valence-corrected chi connectivity index (χ1v) is 7.39. The molecular formula is C15H15BrN2OS. The molecule has 104 valence electrons. The van der Waals surface area contributed by atoms with Crippen LogP contribution < -0.4 is 15.8 Å². The molecule has 0 atom stereocenters. The molecule has 2 aromatic rings. The average molecular weight is 351 g/mol. The summed E-state index contributed by atoms with van der Waals surface area (Å²) < 4.78 is 6.33. The van der Waals surface area contributed by atoms with E-state index in [9.17, 15) is 0 Å². The summed E-state index contributed by atoms with van der Waals surface area (Å²) in [5, 5.41) is 3.32. The number of hydrogen-bond acceptors (Lipinski definition) is 3. The number of rotatable bonds is 5. The Kier molecular flexibility index (Phi) is 4.98. The Morgan fingerprint density at radius 3 is 2.50 bits per heavy atom. The van der Waals surface area contributed by atoms with E-state index in [1.807, 2.05) is 49.4 Å². The highest BCUT2D eigenvalue weighted by atomic mass is 79.9. The van der Waals surface area contributed by atoms with E-state index < -0.39 is 0 Å². The van der Waals surface area contributed by atoms with E-state index in [0.717, 1.165) is 27.2 Å². The summed E-state index contributed by atoms with van der Waals surface area (Å²) in [6.45, 7) is 2.63. The largest absolute Gasteiger partial charge is 0.494 e. The van der Waals surface area contributed by atoms with E-state index in [1.165, 1.54) is 0 Å². The Bertz CT molecular complexity index is 614. The summed E-state index contributed by atoms with van der Waals surface area (Å²) in [4.78, 5) is 0.387. The SMILES string of the molecule is CCOc1ccc(Nc2ccc(C(N)=S)cc2Br)cc1. The molecule has 2 rings (SSSR count). The molecule has 20 heavy (non-hydrogen) atoms. The molecule has 3 N–H and O–H groups in total. The Morgan fingerprint density at radius 2 is 1.95 bits per heavy atom. The second kappa shape index (κ2) is 6.72. The van der Waals surface area contributed by atoms with Gasteiger partial charge in [0.25, 0.3) is 0 Å². The summed E-state index contributed by atoms with van der Waals surface area (Å²) in [6, 6.07) is 13.5. The zero-order valence-corrected chi connectivity index (χ0v) is 13.4. The van der Waals surface area contributed by atoms with Gasteiger partial charge >= 0.3 is 0 Å². The molecule has 0 radical (unpaired) electrons. The molecule has 0 aliphatic heterocycles. The number of thiocarbonyl (C=S) groups is 1. The molecule has 0 aromatic heterocycles. The van der Waals surface area contributed by atoms with Crippen LogP contribution in [0.1, 0.15) is 12.5 Å². The summed E-state index contributed by atoms with van der Waals surface area (Å²) >= 11 is 8.47. The van der Waals surface area contributed by atoms with Crippen molar-refractivity contribution in [1.29, 1.82) is 0 Å². The van der Waals surface area contributed by atoms with E-state index in [2.05, 4.69) is 21.2 Å². The minimum atomic E-state index is 0.387. The van der Waals surface area contributed by atoms with Crippen LogP contribution >= 0.6 is 28.1 Å².